The average Bonchev–Trinajstić information content (AvgIpc) is 2.97. The minimum absolute atomic E-state index is 0.0995. The van der Waals surface area contributed by atoms with Gasteiger partial charge in [-0.1, -0.05) is 36.4 Å². The summed E-state index contributed by atoms with van der Waals surface area (Å²) in [6, 6.07) is 15.7. The van der Waals surface area contributed by atoms with Crippen LogP contribution in [0, 0.1) is 6.92 Å². The molecule has 5 N–H and O–H groups in total. The predicted molar refractivity (Wildman–Crippen MR) is 166 cm³/mol. The molecule has 3 aromatic carbocycles. The highest BCUT2D eigenvalue weighted by molar-refractivity contribution is 5.88. The van der Waals surface area contributed by atoms with Gasteiger partial charge in [-0.2, -0.15) is 0 Å². The molecule has 0 bridgehead atoms. The van der Waals surface area contributed by atoms with Gasteiger partial charge in [0.1, 0.15) is 50.9 Å². The van der Waals surface area contributed by atoms with Crippen LogP contribution in [0.15, 0.2) is 60.7 Å². The van der Waals surface area contributed by atoms with Crippen LogP contribution in [0.3, 0.4) is 0 Å². The number of anilines is 2. The number of carboxylic acids is 5. The van der Waals surface area contributed by atoms with Crippen molar-refractivity contribution in [2.24, 2.45) is 0 Å². The Bertz CT molecular complexity index is 1590. The number of ether oxygens (including phenoxy) is 2. The van der Waals surface area contributed by atoms with Crippen LogP contribution in [0.2, 0.25) is 0 Å². The van der Waals surface area contributed by atoms with Crippen molar-refractivity contribution < 1.29 is 59.0 Å². The molecular weight excluding hydrogens is 604 g/mol. The van der Waals surface area contributed by atoms with Crippen molar-refractivity contribution >= 4 is 53.4 Å². The van der Waals surface area contributed by atoms with Crippen molar-refractivity contribution in [1.82, 2.24) is 0 Å². The second-order valence-corrected chi connectivity index (χ2v) is 9.94. The Kier molecular flexibility index (Phi) is 12.1. The molecule has 3 rings (SSSR count). The van der Waals surface area contributed by atoms with Gasteiger partial charge in [-0.3, -0.25) is 19.2 Å². The van der Waals surface area contributed by atoms with Gasteiger partial charge < -0.3 is 44.8 Å². The van der Waals surface area contributed by atoms with Gasteiger partial charge in [0.15, 0.2) is 0 Å². The molecular formula is C32H32N2O12. The van der Waals surface area contributed by atoms with Crippen LogP contribution in [-0.2, 0) is 19.2 Å². The Hall–Kier alpha value is -6.05. The van der Waals surface area contributed by atoms with Crippen molar-refractivity contribution in [3.8, 4) is 11.5 Å². The lowest BCUT2D eigenvalue weighted by Crippen LogP contribution is -2.35. The van der Waals surface area contributed by atoms with Gasteiger partial charge in [0.25, 0.3) is 0 Å². The number of aryl methyl sites for hydroxylation is 1. The van der Waals surface area contributed by atoms with Gasteiger partial charge in [0, 0.05) is 0 Å². The van der Waals surface area contributed by atoms with Crippen LogP contribution in [0.5, 0.6) is 11.5 Å². The third-order valence-corrected chi connectivity index (χ3v) is 6.31. The van der Waals surface area contributed by atoms with E-state index in [1.807, 2.05) is 0 Å². The molecule has 0 aliphatic carbocycles. The second kappa shape index (κ2) is 16.1. The summed E-state index contributed by atoms with van der Waals surface area (Å²) in [4.78, 5) is 59.1. The fourth-order valence-corrected chi connectivity index (χ4v) is 4.35. The molecule has 0 saturated heterocycles. The molecule has 14 heteroatoms. The van der Waals surface area contributed by atoms with Crippen LogP contribution in [0.4, 0.5) is 11.4 Å². The number of aliphatic carboxylic acids is 4. The normalized spacial score (nSPS) is 10.7. The SMILES string of the molecule is Cc1ccc(N(CC(=O)O)CC(=O)O)c(OCCOc2cc(/C=C/c3ccc(C(=O)O)cc3)ccc2N(CC(=O)O)CC(=O)O)c1. The Labute approximate surface area is 262 Å². The quantitative estimate of drug-likeness (QED) is 0.100. The minimum atomic E-state index is -1.26. The van der Waals surface area contributed by atoms with E-state index in [4.69, 9.17) is 14.6 Å². The molecule has 0 fully saturated rings. The van der Waals surface area contributed by atoms with Crippen LogP contribution < -0.4 is 19.3 Å². The second-order valence-electron chi connectivity index (χ2n) is 9.94. The van der Waals surface area contributed by atoms with Gasteiger partial charge in [0.2, 0.25) is 0 Å². The maximum absolute atomic E-state index is 11.5. The summed E-state index contributed by atoms with van der Waals surface area (Å²) in [6.07, 6.45) is 3.43. The van der Waals surface area contributed by atoms with E-state index in [0.717, 1.165) is 15.4 Å². The zero-order valence-electron chi connectivity index (χ0n) is 24.7. The standard InChI is InChI=1S/C32H32N2O12/c1-20-2-10-24(33(16-28(35)36)17-29(37)38)26(14-20)45-12-13-46-27-15-22(4-3-21-5-8-23(9-6-21)32(43)44)7-11-25(27)34(18-30(39)40)19-31(41)42/h2-11,14-15H,12-13,16-19H2,1H3,(H,35,36)(H,37,38)(H,39,40)(H,41,42)(H,43,44)/b4-3+. The number of benzene rings is 3. The lowest BCUT2D eigenvalue weighted by Gasteiger charge is -2.25. The maximum Gasteiger partial charge on any atom is 0.335 e. The summed E-state index contributed by atoms with van der Waals surface area (Å²) in [5, 5.41) is 46.4. The zero-order chi connectivity index (χ0) is 33.8. The summed E-state index contributed by atoms with van der Waals surface area (Å²) in [5.41, 5.74) is 2.64. The van der Waals surface area contributed by atoms with Gasteiger partial charge in [-0.25, -0.2) is 4.79 Å². The molecule has 0 atom stereocenters. The summed E-state index contributed by atoms with van der Waals surface area (Å²) < 4.78 is 11.8. The van der Waals surface area contributed by atoms with E-state index in [1.165, 1.54) is 18.2 Å². The number of rotatable bonds is 18. The predicted octanol–water partition coefficient (Wildman–Crippen LogP) is 3.27. The number of nitrogens with zero attached hydrogens (tertiary/aromatic N) is 2. The van der Waals surface area contributed by atoms with E-state index in [2.05, 4.69) is 0 Å². The molecule has 0 unspecified atom stereocenters. The van der Waals surface area contributed by atoms with Crippen molar-refractivity contribution in [2.75, 3.05) is 49.2 Å². The summed E-state index contributed by atoms with van der Waals surface area (Å²) >= 11 is 0. The lowest BCUT2D eigenvalue weighted by molar-refractivity contribution is -0.138. The van der Waals surface area contributed by atoms with Gasteiger partial charge >= 0.3 is 29.8 Å². The first-order valence-electron chi connectivity index (χ1n) is 13.7. The number of carbonyl (C=O) groups is 5. The number of carboxylic acid groups (broad SMARTS) is 5. The maximum atomic E-state index is 11.5. The van der Waals surface area contributed by atoms with E-state index in [1.54, 1.807) is 61.5 Å². The molecule has 0 aliphatic rings. The molecule has 242 valence electrons. The summed E-state index contributed by atoms with van der Waals surface area (Å²) in [6.45, 7) is -0.859. The van der Waals surface area contributed by atoms with Crippen LogP contribution >= 0.6 is 0 Å². The molecule has 14 nitrogen and oxygen atoms in total. The third-order valence-electron chi connectivity index (χ3n) is 6.31. The van der Waals surface area contributed by atoms with E-state index < -0.39 is 56.0 Å². The number of hydrogen-bond acceptors (Lipinski definition) is 9. The average molecular weight is 637 g/mol. The highest BCUT2D eigenvalue weighted by Crippen LogP contribution is 2.32. The smallest absolute Gasteiger partial charge is 0.335 e. The molecule has 0 aromatic heterocycles. The van der Waals surface area contributed by atoms with Crippen molar-refractivity contribution in [2.45, 2.75) is 6.92 Å². The fraction of sp³-hybridized carbons (Fsp3) is 0.219. The largest absolute Gasteiger partial charge is 0.488 e. The van der Waals surface area contributed by atoms with E-state index in [9.17, 15) is 44.4 Å². The summed E-state index contributed by atoms with van der Waals surface area (Å²) in [5.74, 6) is -5.68. The first-order valence-corrected chi connectivity index (χ1v) is 13.7. The lowest BCUT2D eigenvalue weighted by atomic mass is 10.1. The van der Waals surface area contributed by atoms with Gasteiger partial charge in [0.05, 0.1) is 16.9 Å². The number of hydrogen-bond donors (Lipinski definition) is 5. The van der Waals surface area contributed by atoms with Crippen LogP contribution in [0.25, 0.3) is 12.2 Å². The van der Waals surface area contributed by atoms with E-state index >= 15 is 0 Å². The highest BCUT2D eigenvalue weighted by Gasteiger charge is 2.20. The van der Waals surface area contributed by atoms with Crippen LogP contribution in [-0.4, -0.2) is 94.8 Å². The molecule has 0 spiro atoms. The molecule has 0 radical (unpaired) electrons. The monoisotopic (exact) mass is 636 g/mol. The van der Waals surface area contributed by atoms with E-state index in [-0.39, 0.29) is 41.7 Å². The zero-order valence-corrected chi connectivity index (χ0v) is 24.7. The minimum Gasteiger partial charge on any atom is -0.488 e. The third kappa shape index (κ3) is 10.6. The Morgan fingerprint density at radius 3 is 1.46 bits per heavy atom. The Balaban J connectivity index is 1.86. The van der Waals surface area contributed by atoms with Crippen molar-refractivity contribution in [3.63, 3.8) is 0 Å². The molecule has 46 heavy (non-hydrogen) atoms. The fourth-order valence-electron chi connectivity index (χ4n) is 4.35. The number of aromatic carboxylic acids is 1. The first kappa shape index (κ1) is 34.4. The molecule has 0 aliphatic heterocycles. The molecule has 0 saturated carbocycles. The highest BCUT2D eigenvalue weighted by atomic mass is 16.5. The molecule has 3 aromatic rings. The molecule has 0 amide bonds. The van der Waals surface area contributed by atoms with Crippen molar-refractivity contribution in [3.05, 3.63) is 82.9 Å². The van der Waals surface area contributed by atoms with Crippen molar-refractivity contribution in [1.29, 1.82) is 0 Å². The van der Waals surface area contributed by atoms with Gasteiger partial charge in [-0.15, -0.1) is 0 Å². The Morgan fingerprint density at radius 2 is 1.00 bits per heavy atom. The summed E-state index contributed by atoms with van der Waals surface area (Å²) in [7, 11) is 0. The van der Waals surface area contributed by atoms with Gasteiger partial charge in [-0.05, 0) is 60.0 Å². The topological polar surface area (TPSA) is 211 Å². The van der Waals surface area contributed by atoms with E-state index in [0.29, 0.717) is 11.1 Å². The molecule has 0 heterocycles. The first-order chi connectivity index (χ1) is 21.8. The van der Waals surface area contributed by atoms with Crippen LogP contribution in [0.1, 0.15) is 27.0 Å². The Morgan fingerprint density at radius 1 is 0.587 bits per heavy atom.